The standard InChI is InChI=1S/C23H25N7O3S/c1-12(11-31)27-20(24)19-21(32)29-34-22(19)28-18-5-4-15(9-26-18)23(33)30-7-6-14-8-16(13-2-3-13)25-10-17(14)30/h4-5,8-10,12-13,31H,2-3,6-7,11H2,1H3,(H2,24,27)(H,26,28)(H,29,32). The van der Waals surface area contributed by atoms with Gasteiger partial charge in [0, 0.05) is 24.4 Å². The van der Waals surface area contributed by atoms with Crippen LogP contribution in [0.15, 0.2) is 40.4 Å². The molecule has 1 saturated carbocycles. The van der Waals surface area contributed by atoms with Crippen molar-refractivity contribution in [1.82, 2.24) is 14.3 Å². The van der Waals surface area contributed by atoms with E-state index in [9.17, 15) is 14.7 Å². The van der Waals surface area contributed by atoms with Crippen LogP contribution in [0.5, 0.6) is 0 Å². The summed E-state index contributed by atoms with van der Waals surface area (Å²) in [6.45, 7) is 2.13. The maximum absolute atomic E-state index is 13.1. The van der Waals surface area contributed by atoms with Gasteiger partial charge in [-0.2, -0.15) is 0 Å². The first-order valence-electron chi connectivity index (χ1n) is 11.1. The number of aliphatic hydroxyl groups is 1. The van der Waals surface area contributed by atoms with Gasteiger partial charge >= 0.3 is 0 Å². The molecule has 5 N–H and O–H groups in total. The smallest absolute Gasteiger partial charge is 0.271 e. The fourth-order valence-corrected chi connectivity index (χ4v) is 4.70. The van der Waals surface area contributed by atoms with Crippen LogP contribution in [0, 0.1) is 0 Å². The lowest BCUT2D eigenvalue weighted by Crippen LogP contribution is -2.29. The second kappa shape index (κ2) is 8.99. The van der Waals surface area contributed by atoms with Gasteiger partial charge in [0.15, 0.2) is 0 Å². The van der Waals surface area contributed by atoms with Gasteiger partial charge in [0.2, 0.25) is 0 Å². The number of carbonyl (C=O) groups excluding carboxylic acids is 1. The molecule has 1 fully saturated rings. The van der Waals surface area contributed by atoms with Crippen molar-refractivity contribution < 1.29 is 9.90 Å². The molecule has 0 spiro atoms. The van der Waals surface area contributed by atoms with Crippen LogP contribution in [-0.2, 0) is 6.42 Å². The van der Waals surface area contributed by atoms with Crippen molar-refractivity contribution in [2.24, 2.45) is 10.7 Å². The first kappa shape index (κ1) is 22.2. The molecule has 1 unspecified atom stereocenters. The van der Waals surface area contributed by atoms with E-state index in [1.54, 1.807) is 24.0 Å². The number of nitrogens with two attached hydrogens (primary N) is 1. The average Bonchev–Trinajstić information content (AvgIpc) is 3.51. The van der Waals surface area contributed by atoms with Crippen LogP contribution in [0.4, 0.5) is 16.5 Å². The summed E-state index contributed by atoms with van der Waals surface area (Å²) in [5.41, 5.74) is 9.43. The SMILES string of the molecule is CC(CO)N=C(N)c1c(Nc2ccc(C(=O)N3CCc4cc(C5CC5)ncc43)cn2)s[nH]c1=O. The molecule has 4 heterocycles. The highest BCUT2D eigenvalue weighted by atomic mass is 32.1. The third-order valence-electron chi connectivity index (χ3n) is 5.96. The van der Waals surface area contributed by atoms with Gasteiger partial charge in [-0.15, -0.1) is 0 Å². The van der Waals surface area contributed by atoms with E-state index >= 15 is 0 Å². The average molecular weight is 480 g/mol. The molecular formula is C23H25N7O3S. The summed E-state index contributed by atoms with van der Waals surface area (Å²) in [5.74, 6) is 0.941. The molecule has 10 nitrogen and oxygen atoms in total. The normalized spacial score (nSPS) is 16.4. The lowest BCUT2D eigenvalue weighted by atomic mass is 10.1. The summed E-state index contributed by atoms with van der Waals surface area (Å²) < 4.78 is 2.63. The largest absolute Gasteiger partial charge is 0.394 e. The number of hydrogen-bond donors (Lipinski definition) is 4. The minimum absolute atomic E-state index is 0.0319. The molecule has 1 aliphatic carbocycles. The Bertz CT molecular complexity index is 1310. The van der Waals surface area contributed by atoms with Crippen LogP contribution in [-0.4, -0.2) is 50.4 Å². The zero-order valence-corrected chi connectivity index (χ0v) is 19.4. The molecule has 2 aliphatic rings. The van der Waals surface area contributed by atoms with Gasteiger partial charge in [0.25, 0.3) is 11.5 Å². The van der Waals surface area contributed by atoms with Gasteiger partial charge in [-0.25, -0.2) is 4.98 Å². The number of aliphatic imine (C=N–C) groups is 1. The fourth-order valence-electron chi connectivity index (χ4n) is 3.95. The molecule has 0 bridgehead atoms. The van der Waals surface area contributed by atoms with Crippen LogP contribution >= 0.6 is 11.5 Å². The third kappa shape index (κ3) is 4.31. The van der Waals surface area contributed by atoms with E-state index in [-0.39, 0.29) is 29.5 Å². The van der Waals surface area contributed by atoms with Crippen molar-refractivity contribution in [2.45, 2.75) is 38.1 Å². The van der Waals surface area contributed by atoms with Crippen LogP contribution in [0.25, 0.3) is 0 Å². The number of nitrogens with zero attached hydrogens (tertiary/aromatic N) is 4. The molecule has 1 atom stereocenters. The molecule has 0 aromatic carbocycles. The number of hydrogen-bond acceptors (Lipinski definition) is 8. The molecule has 1 aliphatic heterocycles. The van der Waals surface area contributed by atoms with E-state index in [1.807, 2.05) is 6.20 Å². The third-order valence-corrected chi connectivity index (χ3v) is 6.75. The van der Waals surface area contributed by atoms with Crippen molar-refractivity contribution in [1.29, 1.82) is 0 Å². The van der Waals surface area contributed by atoms with E-state index in [0.717, 1.165) is 29.3 Å². The number of aromatic amines is 1. The van der Waals surface area contributed by atoms with Crippen molar-refractivity contribution >= 4 is 39.8 Å². The van der Waals surface area contributed by atoms with E-state index in [1.165, 1.54) is 24.6 Å². The van der Waals surface area contributed by atoms with Crippen LogP contribution < -0.4 is 21.5 Å². The van der Waals surface area contributed by atoms with Gasteiger partial charge < -0.3 is 21.1 Å². The summed E-state index contributed by atoms with van der Waals surface area (Å²) >= 11 is 1.07. The van der Waals surface area contributed by atoms with Gasteiger partial charge in [-0.3, -0.25) is 23.9 Å². The van der Waals surface area contributed by atoms with Crippen LogP contribution in [0.3, 0.4) is 0 Å². The number of aromatic nitrogens is 3. The first-order valence-corrected chi connectivity index (χ1v) is 12.0. The fraction of sp³-hybridized carbons (Fsp3) is 0.348. The molecule has 11 heteroatoms. The van der Waals surface area contributed by atoms with Crippen molar-refractivity contribution in [3.05, 3.63) is 63.3 Å². The second-order valence-electron chi connectivity index (χ2n) is 8.56. The molecular weight excluding hydrogens is 454 g/mol. The molecule has 5 rings (SSSR count). The minimum atomic E-state index is -0.429. The van der Waals surface area contributed by atoms with Gasteiger partial charge in [0.05, 0.1) is 30.1 Å². The number of nitrogens with one attached hydrogen (secondary N) is 2. The second-order valence-corrected chi connectivity index (χ2v) is 9.38. The topological polar surface area (TPSA) is 150 Å². The number of carbonyl (C=O) groups is 1. The molecule has 176 valence electrons. The number of pyridine rings is 2. The van der Waals surface area contributed by atoms with E-state index in [2.05, 4.69) is 30.7 Å². The molecule has 1 amide bonds. The minimum Gasteiger partial charge on any atom is -0.394 e. The molecule has 34 heavy (non-hydrogen) atoms. The predicted octanol–water partition coefficient (Wildman–Crippen LogP) is 2.14. The van der Waals surface area contributed by atoms with Crippen molar-refractivity contribution in [3.8, 4) is 0 Å². The number of amides is 1. The summed E-state index contributed by atoms with van der Waals surface area (Å²) in [4.78, 5) is 40.1. The molecule has 0 radical (unpaired) electrons. The summed E-state index contributed by atoms with van der Waals surface area (Å²) in [5, 5.41) is 12.7. The van der Waals surface area contributed by atoms with E-state index in [4.69, 9.17) is 5.73 Å². The first-order chi connectivity index (χ1) is 16.4. The summed E-state index contributed by atoms with van der Waals surface area (Å²) in [7, 11) is 0. The Kier molecular flexibility index (Phi) is 5.88. The monoisotopic (exact) mass is 479 g/mol. The highest BCUT2D eigenvalue weighted by Crippen LogP contribution is 2.41. The lowest BCUT2D eigenvalue weighted by Gasteiger charge is -2.17. The number of aliphatic hydroxyl groups excluding tert-OH is 1. The van der Waals surface area contributed by atoms with E-state index < -0.39 is 6.04 Å². The molecule has 3 aromatic rings. The Morgan fingerprint density at radius 1 is 1.38 bits per heavy atom. The van der Waals surface area contributed by atoms with Gasteiger partial charge in [-0.1, -0.05) is 0 Å². The van der Waals surface area contributed by atoms with Gasteiger partial charge in [0.1, 0.15) is 22.2 Å². The van der Waals surface area contributed by atoms with Crippen molar-refractivity contribution in [2.75, 3.05) is 23.4 Å². The van der Waals surface area contributed by atoms with E-state index in [0.29, 0.717) is 28.8 Å². The van der Waals surface area contributed by atoms with Crippen LogP contribution in [0.2, 0.25) is 0 Å². The quantitative estimate of drug-likeness (QED) is 0.299. The van der Waals surface area contributed by atoms with Crippen LogP contribution in [0.1, 0.15) is 52.9 Å². The maximum Gasteiger partial charge on any atom is 0.271 e. The Labute approximate surface area is 199 Å². The molecule has 0 saturated heterocycles. The number of rotatable bonds is 7. The number of fused-ring (bicyclic) bond motifs is 1. The zero-order valence-electron chi connectivity index (χ0n) is 18.6. The number of anilines is 3. The maximum atomic E-state index is 13.1. The highest BCUT2D eigenvalue weighted by Gasteiger charge is 2.30. The Hall–Kier alpha value is -3.57. The Balaban J connectivity index is 1.32. The lowest BCUT2D eigenvalue weighted by molar-refractivity contribution is 0.0989. The Morgan fingerprint density at radius 3 is 2.91 bits per heavy atom. The summed E-state index contributed by atoms with van der Waals surface area (Å²) in [6.07, 6.45) is 6.54. The highest BCUT2D eigenvalue weighted by molar-refractivity contribution is 7.10. The number of amidine groups is 1. The molecule has 3 aromatic heterocycles. The van der Waals surface area contributed by atoms with Gasteiger partial charge in [-0.05, 0) is 61.5 Å². The number of H-pyrrole nitrogens is 1. The van der Waals surface area contributed by atoms with Crippen molar-refractivity contribution in [3.63, 3.8) is 0 Å². The Morgan fingerprint density at radius 2 is 2.21 bits per heavy atom. The predicted molar refractivity (Wildman–Crippen MR) is 131 cm³/mol. The summed E-state index contributed by atoms with van der Waals surface area (Å²) in [6, 6.07) is 5.09. The zero-order chi connectivity index (χ0) is 23.8.